The van der Waals surface area contributed by atoms with Gasteiger partial charge in [0.05, 0.1) is 7.11 Å². The summed E-state index contributed by atoms with van der Waals surface area (Å²) in [6, 6.07) is 26.1. The third-order valence-corrected chi connectivity index (χ3v) is 6.83. The summed E-state index contributed by atoms with van der Waals surface area (Å²) in [6.45, 7) is 5.46. The van der Waals surface area contributed by atoms with Gasteiger partial charge in [-0.05, 0) is 78.6 Å². The quantitative estimate of drug-likeness (QED) is 0.397. The highest BCUT2D eigenvalue weighted by molar-refractivity contribution is 5.91. The number of rotatable bonds is 7. The highest BCUT2D eigenvalue weighted by Crippen LogP contribution is 2.47. The zero-order valence-electron chi connectivity index (χ0n) is 19.8. The van der Waals surface area contributed by atoms with Gasteiger partial charge in [0, 0.05) is 25.1 Å². The fourth-order valence-corrected chi connectivity index (χ4v) is 5.02. The van der Waals surface area contributed by atoms with Crippen molar-refractivity contribution >= 4 is 12.0 Å². The molecule has 1 aliphatic rings. The first-order chi connectivity index (χ1) is 16.1. The molecule has 33 heavy (non-hydrogen) atoms. The lowest BCUT2D eigenvalue weighted by molar-refractivity contribution is -0.125. The predicted molar refractivity (Wildman–Crippen MR) is 136 cm³/mol. The number of likely N-dealkylation sites (N-methyl/N-ethyl adjacent to an activating group) is 1. The van der Waals surface area contributed by atoms with Crippen LogP contribution in [0.25, 0.3) is 6.08 Å². The van der Waals surface area contributed by atoms with Crippen molar-refractivity contribution in [2.24, 2.45) is 0 Å². The Morgan fingerprint density at radius 3 is 2.36 bits per heavy atom. The van der Waals surface area contributed by atoms with Crippen LogP contribution in [0.2, 0.25) is 0 Å². The number of hydrogen-bond acceptors (Lipinski definition) is 2. The van der Waals surface area contributed by atoms with Gasteiger partial charge in [0.1, 0.15) is 5.75 Å². The van der Waals surface area contributed by atoms with Crippen LogP contribution in [0.1, 0.15) is 59.9 Å². The Labute approximate surface area is 197 Å². The van der Waals surface area contributed by atoms with E-state index in [-0.39, 0.29) is 11.8 Å². The van der Waals surface area contributed by atoms with Crippen LogP contribution >= 0.6 is 0 Å². The predicted octanol–water partition coefficient (Wildman–Crippen LogP) is 6.44. The second-order valence-electron chi connectivity index (χ2n) is 8.61. The molecule has 3 nitrogen and oxygen atoms in total. The molecule has 1 amide bonds. The van der Waals surface area contributed by atoms with Crippen molar-refractivity contribution in [2.45, 2.75) is 38.5 Å². The Morgan fingerprint density at radius 2 is 1.70 bits per heavy atom. The van der Waals surface area contributed by atoms with Gasteiger partial charge in [-0.1, -0.05) is 60.7 Å². The van der Waals surface area contributed by atoms with Crippen molar-refractivity contribution in [3.63, 3.8) is 0 Å². The number of fused-ring (bicyclic) bond motifs is 1. The summed E-state index contributed by atoms with van der Waals surface area (Å²) in [6.07, 6.45) is 5.75. The summed E-state index contributed by atoms with van der Waals surface area (Å²) in [5, 5.41) is 0. The highest BCUT2D eigenvalue weighted by atomic mass is 16.5. The van der Waals surface area contributed by atoms with Gasteiger partial charge in [-0.15, -0.1) is 0 Å². The molecule has 0 spiro atoms. The standard InChI is InChI=1S/C30H33NO2/c1-4-31(5-2)29(32)20-13-22-11-14-24(15-12-22)30-27(23-9-7-6-8-10-23)18-16-25-21-26(33-3)17-19-28(25)30/h6-15,17,19-21,27,30H,4-5,16,18H2,1-3H3/b20-13+. The summed E-state index contributed by atoms with van der Waals surface area (Å²) < 4.78 is 5.49. The van der Waals surface area contributed by atoms with Crippen molar-refractivity contribution in [2.75, 3.05) is 20.2 Å². The zero-order valence-corrected chi connectivity index (χ0v) is 19.8. The summed E-state index contributed by atoms with van der Waals surface area (Å²) in [4.78, 5) is 14.1. The van der Waals surface area contributed by atoms with Crippen LogP contribution in [0.4, 0.5) is 0 Å². The van der Waals surface area contributed by atoms with E-state index in [1.165, 1.54) is 22.3 Å². The van der Waals surface area contributed by atoms with Crippen molar-refractivity contribution < 1.29 is 9.53 Å². The van der Waals surface area contributed by atoms with E-state index in [9.17, 15) is 4.79 Å². The van der Waals surface area contributed by atoms with E-state index < -0.39 is 0 Å². The number of methoxy groups -OCH3 is 1. The number of amides is 1. The van der Waals surface area contributed by atoms with Crippen LogP contribution < -0.4 is 4.74 Å². The first kappa shape index (κ1) is 22.8. The lowest BCUT2D eigenvalue weighted by Gasteiger charge is -2.35. The molecule has 0 N–H and O–H groups in total. The van der Waals surface area contributed by atoms with Crippen LogP contribution in [-0.2, 0) is 11.2 Å². The van der Waals surface area contributed by atoms with E-state index in [1.54, 1.807) is 13.2 Å². The number of nitrogens with zero attached hydrogens (tertiary/aromatic N) is 1. The number of carbonyl (C=O) groups excluding carboxylic acids is 1. The van der Waals surface area contributed by atoms with Gasteiger partial charge in [-0.2, -0.15) is 0 Å². The fraction of sp³-hybridized carbons (Fsp3) is 0.300. The van der Waals surface area contributed by atoms with Gasteiger partial charge in [0.25, 0.3) is 0 Å². The van der Waals surface area contributed by atoms with Crippen LogP contribution in [0.5, 0.6) is 5.75 Å². The average molecular weight is 440 g/mol. The smallest absolute Gasteiger partial charge is 0.246 e. The summed E-state index contributed by atoms with van der Waals surface area (Å²) in [5.41, 5.74) is 6.50. The molecule has 3 heteroatoms. The van der Waals surface area contributed by atoms with Gasteiger partial charge < -0.3 is 9.64 Å². The van der Waals surface area contributed by atoms with Crippen molar-refractivity contribution in [3.05, 3.63) is 107 Å². The molecular weight excluding hydrogens is 406 g/mol. The first-order valence-corrected chi connectivity index (χ1v) is 11.9. The molecule has 2 atom stereocenters. The molecule has 2 unspecified atom stereocenters. The Balaban J connectivity index is 1.66. The maximum Gasteiger partial charge on any atom is 0.246 e. The molecule has 4 rings (SSSR count). The fourth-order valence-electron chi connectivity index (χ4n) is 5.02. The molecule has 0 aliphatic heterocycles. The van der Waals surface area contributed by atoms with Crippen LogP contribution in [0.3, 0.4) is 0 Å². The molecule has 0 saturated carbocycles. The Hall–Kier alpha value is -3.33. The zero-order chi connectivity index (χ0) is 23.2. The van der Waals surface area contributed by atoms with Crippen LogP contribution in [0, 0.1) is 0 Å². The molecule has 3 aromatic carbocycles. The summed E-state index contributed by atoms with van der Waals surface area (Å²) >= 11 is 0. The number of ether oxygens (including phenoxy) is 1. The Morgan fingerprint density at radius 1 is 0.970 bits per heavy atom. The lowest BCUT2D eigenvalue weighted by atomic mass is 9.69. The van der Waals surface area contributed by atoms with E-state index in [4.69, 9.17) is 4.74 Å². The molecule has 170 valence electrons. The summed E-state index contributed by atoms with van der Waals surface area (Å²) in [5.74, 6) is 1.70. The molecule has 3 aromatic rings. The van der Waals surface area contributed by atoms with Crippen molar-refractivity contribution in [3.8, 4) is 5.75 Å². The Bertz CT molecular complexity index is 1100. The van der Waals surface area contributed by atoms with E-state index in [0.717, 1.165) is 37.2 Å². The number of aryl methyl sites for hydroxylation is 1. The Kier molecular flexibility index (Phi) is 7.29. The molecule has 0 aromatic heterocycles. The van der Waals surface area contributed by atoms with Gasteiger partial charge in [0.2, 0.25) is 5.91 Å². The second kappa shape index (κ2) is 10.5. The SMILES string of the molecule is CCN(CC)C(=O)/C=C/c1ccc(C2c3ccc(OC)cc3CCC2c2ccccc2)cc1. The lowest BCUT2D eigenvalue weighted by Crippen LogP contribution is -2.28. The molecule has 0 fully saturated rings. The third kappa shape index (κ3) is 5.03. The largest absolute Gasteiger partial charge is 0.497 e. The van der Waals surface area contributed by atoms with Gasteiger partial charge >= 0.3 is 0 Å². The van der Waals surface area contributed by atoms with Crippen molar-refractivity contribution in [1.29, 1.82) is 0 Å². The second-order valence-corrected chi connectivity index (χ2v) is 8.61. The first-order valence-electron chi connectivity index (χ1n) is 11.9. The minimum atomic E-state index is 0.0587. The number of benzene rings is 3. The molecule has 0 bridgehead atoms. The van der Waals surface area contributed by atoms with E-state index in [2.05, 4.69) is 72.8 Å². The van der Waals surface area contributed by atoms with Gasteiger partial charge in [-0.3, -0.25) is 4.79 Å². The normalized spacial score (nSPS) is 17.5. The monoisotopic (exact) mass is 439 g/mol. The van der Waals surface area contributed by atoms with Crippen LogP contribution in [-0.4, -0.2) is 31.0 Å². The minimum absolute atomic E-state index is 0.0587. The highest BCUT2D eigenvalue weighted by Gasteiger charge is 2.32. The number of carbonyl (C=O) groups is 1. The molecule has 0 heterocycles. The van der Waals surface area contributed by atoms with Crippen LogP contribution in [0.15, 0.2) is 78.9 Å². The summed E-state index contributed by atoms with van der Waals surface area (Å²) in [7, 11) is 1.73. The molecule has 0 radical (unpaired) electrons. The van der Waals surface area contributed by atoms with E-state index >= 15 is 0 Å². The minimum Gasteiger partial charge on any atom is -0.497 e. The van der Waals surface area contributed by atoms with E-state index in [0.29, 0.717) is 5.92 Å². The molecule has 0 saturated heterocycles. The molecular formula is C30H33NO2. The average Bonchev–Trinajstić information content (AvgIpc) is 2.88. The van der Waals surface area contributed by atoms with Gasteiger partial charge in [-0.25, -0.2) is 0 Å². The maximum absolute atomic E-state index is 12.3. The maximum atomic E-state index is 12.3. The van der Waals surface area contributed by atoms with Crippen molar-refractivity contribution in [1.82, 2.24) is 4.90 Å². The van der Waals surface area contributed by atoms with E-state index in [1.807, 2.05) is 24.8 Å². The number of hydrogen-bond donors (Lipinski definition) is 0. The topological polar surface area (TPSA) is 29.5 Å². The molecule has 1 aliphatic carbocycles. The van der Waals surface area contributed by atoms with Gasteiger partial charge in [0.15, 0.2) is 0 Å². The third-order valence-electron chi connectivity index (χ3n) is 6.83.